The maximum Gasteiger partial charge on any atom is 0.133 e. The van der Waals surface area contributed by atoms with Gasteiger partial charge in [-0.25, -0.2) is 10.3 Å². The number of halogens is 1. The van der Waals surface area contributed by atoms with Crippen LogP contribution in [0.1, 0.15) is 19.4 Å². The van der Waals surface area contributed by atoms with Gasteiger partial charge in [-0.3, -0.25) is 4.84 Å². The lowest BCUT2D eigenvalue weighted by atomic mass is 9.96. The molecule has 2 N–H and O–H groups in total. The van der Waals surface area contributed by atoms with E-state index in [1.165, 1.54) is 13.2 Å². The lowest BCUT2D eigenvalue weighted by Gasteiger charge is -2.24. The molecule has 0 unspecified atom stereocenters. The van der Waals surface area contributed by atoms with Gasteiger partial charge in [0.05, 0.1) is 12.7 Å². The second-order valence-corrected chi connectivity index (χ2v) is 3.45. The molecule has 0 spiro atoms. The molecule has 4 heteroatoms. The second-order valence-electron chi connectivity index (χ2n) is 3.45. The summed E-state index contributed by atoms with van der Waals surface area (Å²) in [6, 6.07) is 4.59. The summed E-state index contributed by atoms with van der Waals surface area (Å²) in [5.74, 6) is 5.15. The van der Waals surface area contributed by atoms with Crippen LogP contribution in [0.3, 0.4) is 0 Å². The SMILES string of the molecule is COc1cccc(F)c1C(C)(C)ON. The number of methoxy groups -OCH3 is 1. The van der Waals surface area contributed by atoms with E-state index < -0.39 is 5.60 Å². The van der Waals surface area contributed by atoms with E-state index in [1.807, 2.05) is 0 Å². The van der Waals surface area contributed by atoms with E-state index in [9.17, 15) is 4.39 Å². The molecule has 0 radical (unpaired) electrons. The Bertz CT molecular complexity index is 326. The quantitative estimate of drug-likeness (QED) is 0.757. The normalized spacial score (nSPS) is 11.5. The van der Waals surface area contributed by atoms with Crippen molar-refractivity contribution in [1.29, 1.82) is 0 Å². The zero-order chi connectivity index (χ0) is 10.8. The fraction of sp³-hybridized carbons (Fsp3) is 0.400. The highest BCUT2D eigenvalue weighted by Crippen LogP contribution is 2.33. The van der Waals surface area contributed by atoms with Crippen LogP contribution in [0.2, 0.25) is 0 Å². The van der Waals surface area contributed by atoms with Crippen molar-refractivity contribution >= 4 is 0 Å². The molecule has 14 heavy (non-hydrogen) atoms. The molecular formula is C10H14FNO2. The van der Waals surface area contributed by atoms with Gasteiger partial charge in [0, 0.05) is 0 Å². The first-order valence-electron chi connectivity index (χ1n) is 4.24. The minimum absolute atomic E-state index is 0.324. The van der Waals surface area contributed by atoms with Gasteiger partial charge < -0.3 is 4.74 Å². The van der Waals surface area contributed by atoms with Crippen LogP contribution in [0.15, 0.2) is 18.2 Å². The molecule has 0 aliphatic rings. The Kier molecular flexibility index (Phi) is 3.08. The number of ether oxygens (including phenoxy) is 1. The molecule has 0 aliphatic heterocycles. The van der Waals surface area contributed by atoms with Crippen molar-refractivity contribution in [2.75, 3.05) is 7.11 Å². The van der Waals surface area contributed by atoms with E-state index >= 15 is 0 Å². The van der Waals surface area contributed by atoms with E-state index in [0.29, 0.717) is 11.3 Å². The average Bonchev–Trinajstić information content (AvgIpc) is 2.17. The zero-order valence-corrected chi connectivity index (χ0v) is 8.50. The van der Waals surface area contributed by atoms with Crippen LogP contribution < -0.4 is 10.6 Å². The molecule has 0 saturated carbocycles. The Labute approximate surface area is 82.6 Å². The summed E-state index contributed by atoms with van der Waals surface area (Å²) in [5.41, 5.74) is -0.582. The highest BCUT2D eigenvalue weighted by molar-refractivity contribution is 5.38. The van der Waals surface area contributed by atoms with Gasteiger partial charge in [0.15, 0.2) is 0 Å². The van der Waals surface area contributed by atoms with Crippen molar-refractivity contribution in [2.24, 2.45) is 5.90 Å². The highest BCUT2D eigenvalue weighted by Gasteiger charge is 2.28. The predicted octanol–water partition coefficient (Wildman–Crippen LogP) is 1.96. The first kappa shape index (κ1) is 10.9. The lowest BCUT2D eigenvalue weighted by Crippen LogP contribution is -2.27. The maximum absolute atomic E-state index is 13.5. The number of benzene rings is 1. The molecule has 78 valence electrons. The standard InChI is InChI=1S/C10H14FNO2/c1-10(2,14-12)9-7(11)5-4-6-8(9)13-3/h4-6H,12H2,1-3H3. The third-order valence-electron chi connectivity index (χ3n) is 2.09. The van der Waals surface area contributed by atoms with Gasteiger partial charge >= 0.3 is 0 Å². The monoisotopic (exact) mass is 199 g/mol. The summed E-state index contributed by atoms with van der Waals surface area (Å²) in [4.78, 5) is 4.73. The molecule has 0 aromatic heterocycles. The number of hydrogen-bond donors (Lipinski definition) is 1. The molecule has 0 saturated heterocycles. The molecule has 0 aliphatic carbocycles. The van der Waals surface area contributed by atoms with Gasteiger partial charge in [0.25, 0.3) is 0 Å². The third-order valence-corrected chi connectivity index (χ3v) is 2.09. The van der Waals surface area contributed by atoms with E-state index in [4.69, 9.17) is 15.5 Å². The lowest BCUT2D eigenvalue weighted by molar-refractivity contribution is -0.0275. The molecular weight excluding hydrogens is 185 g/mol. The first-order chi connectivity index (χ1) is 6.53. The first-order valence-corrected chi connectivity index (χ1v) is 4.24. The van der Waals surface area contributed by atoms with Crippen LogP contribution in [0.4, 0.5) is 4.39 Å². The molecule has 1 aromatic carbocycles. The fourth-order valence-corrected chi connectivity index (χ4v) is 1.32. The summed E-state index contributed by atoms with van der Waals surface area (Å²) >= 11 is 0. The van der Waals surface area contributed by atoms with Gasteiger partial charge in [-0.15, -0.1) is 0 Å². The third kappa shape index (κ3) is 1.86. The van der Waals surface area contributed by atoms with Crippen molar-refractivity contribution < 1.29 is 14.0 Å². The van der Waals surface area contributed by atoms with Gasteiger partial charge in [-0.05, 0) is 26.0 Å². The summed E-state index contributed by atoms with van der Waals surface area (Å²) in [6.07, 6.45) is 0. The Morgan fingerprint density at radius 2 is 2.00 bits per heavy atom. The molecule has 0 bridgehead atoms. The summed E-state index contributed by atoms with van der Waals surface area (Å²) < 4.78 is 18.5. The summed E-state index contributed by atoms with van der Waals surface area (Å²) in [5, 5.41) is 0. The van der Waals surface area contributed by atoms with Gasteiger partial charge in [-0.2, -0.15) is 0 Å². The van der Waals surface area contributed by atoms with Crippen LogP contribution in [-0.4, -0.2) is 7.11 Å². The fourth-order valence-electron chi connectivity index (χ4n) is 1.32. The maximum atomic E-state index is 13.5. The molecule has 1 rings (SSSR count). The Hall–Kier alpha value is -1.13. The largest absolute Gasteiger partial charge is 0.496 e. The molecule has 3 nitrogen and oxygen atoms in total. The van der Waals surface area contributed by atoms with Crippen molar-refractivity contribution in [3.63, 3.8) is 0 Å². The van der Waals surface area contributed by atoms with Crippen LogP contribution in [-0.2, 0) is 10.4 Å². The van der Waals surface area contributed by atoms with Crippen LogP contribution in [0.25, 0.3) is 0 Å². The van der Waals surface area contributed by atoms with Crippen molar-refractivity contribution in [3.05, 3.63) is 29.6 Å². The Balaban J connectivity index is 3.30. The van der Waals surface area contributed by atoms with Crippen molar-refractivity contribution in [2.45, 2.75) is 19.4 Å². The Morgan fingerprint density at radius 1 is 1.36 bits per heavy atom. The highest BCUT2D eigenvalue weighted by atomic mass is 19.1. The van der Waals surface area contributed by atoms with Crippen LogP contribution in [0, 0.1) is 5.82 Å². The Morgan fingerprint density at radius 3 is 2.50 bits per heavy atom. The zero-order valence-electron chi connectivity index (χ0n) is 8.50. The minimum Gasteiger partial charge on any atom is -0.496 e. The number of hydrogen-bond acceptors (Lipinski definition) is 3. The second kappa shape index (κ2) is 3.94. The minimum atomic E-state index is -0.906. The van der Waals surface area contributed by atoms with E-state index in [-0.39, 0.29) is 5.82 Å². The smallest absolute Gasteiger partial charge is 0.133 e. The van der Waals surface area contributed by atoms with Crippen LogP contribution >= 0.6 is 0 Å². The van der Waals surface area contributed by atoms with Crippen LogP contribution in [0.5, 0.6) is 5.75 Å². The van der Waals surface area contributed by atoms with E-state index in [0.717, 1.165) is 0 Å². The molecule has 0 amide bonds. The molecule has 0 fully saturated rings. The molecule has 0 heterocycles. The van der Waals surface area contributed by atoms with Gasteiger partial charge in [0.2, 0.25) is 0 Å². The predicted molar refractivity (Wildman–Crippen MR) is 51.3 cm³/mol. The summed E-state index contributed by atoms with van der Waals surface area (Å²) in [7, 11) is 1.48. The van der Waals surface area contributed by atoms with Crippen molar-refractivity contribution in [3.8, 4) is 5.75 Å². The van der Waals surface area contributed by atoms with Crippen molar-refractivity contribution in [1.82, 2.24) is 0 Å². The van der Waals surface area contributed by atoms with Gasteiger partial charge in [-0.1, -0.05) is 6.07 Å². The van der Waals surface area contributed by atoms with E-state index in [2.05, 4.69) is 0 Å². The number of nitrogens with two attached hydrogens (primary N) is 1. The molecule has 0 atom stereocenters. The average molecular weight is 199 g/mol. The topological polar surface area (TPSA) is 44.5 Å². The van der Waals surface area contributed by atoms with E-state index in [1.54, 1.807) is 26.0 Å². The van der Waals surface area contributed by atoms with Gasteiger partial charge in [0.1, 0.15) is 17.2 Å². The number of rotatable bonds is 3. The summed E-state index contributed by atoms with van der Waals surface area (Å²) in [6.45, 7) is 3.35. The molecule has 1 aromatic rings.